The minimum absolute atomic E-state index is 0.0536. The van der Waals surface area contributed by atoms with Gasteiger partial charge >= 0.3 is 0 Å². The monoisotopic (exact) mass is 272 g/mol. The zero-order valence-corrected chi connectivity index (χ0v) is 9.03. The molecule has 0 atom stereocenters. The zero-order valence-electron chi connectivity index (χ0n) is 7.44. The first-order chi connectivity index (χ1) is 7.20. The molecule has 0 fully saturated rings. The molecule has 1 aromatic carbocycles. The molecule has 0 saturated heterocycles. The molecule has 0 aliphatic carbocycles. The first kappa shape index (κ1) is 10.3. The van der Waals surface area contributed by atoms with Crippen LogP contribution in [0.4, 0.5) is 4.39 Å². The maximum absolute atomic E-state index is 13.4. The molecule has 1 heterocycles. The summed E-state index contributed by atoms with van der Waals surface area (Å²) in [6.07, 6.45) is 0. The Morgan fingerprint density at radius 3 is 2.93 bits per heavy atom. The number of aromatic nitrogens is 2. The fourth-order valence-electron chi connectivity index (χ4n) is 1.09. The summed E-state index contributed by atoms with van der Waals surface area (Å²) >= 11 is 3.21. The molecule has 78 valence electrons. The number of aliphatic hydroxyl groups excluding tert-OH is 1. The van der Waals surface area contributed by atoms with Crippen LogP contribution in [0.25, 0.3) is 11.5 Å². The van der Waals surface area contributed by atoms with E-state index >= 15 is 0 Å². The molecule has 0 aliphatic rings. The number of aliphatic hydroxyl groups is 1. The predicted octanol–water partition coefficient (Wildman–Crippen LogP) is 2.13. The molecule has 0 saturated carbocycles. The van der Waals surface area contributed by atoms with Crippen LogP contribution in [0.2, 0.25) is 0 Å². The Morgan fingerprint density at radius 2 is 2.27 bits per heavy atom. The van der Waals surface area contributed by atoms with E-state index in [0.717, 1.165) is 0 Å². The van der Waals surface area contributed by atoms with Crippen LogP contribution in [-0.4, -0.2) is 15.2 Å². The van der Waals surface area contributed by atoms with Crippen molar-refractivity contribution in [2.24, 2.45) is 0 Å². The van der Waals surface area contributed by atoms with Crippen LogP contribution >= 0.6 is 15.9 Å². The van der Waals surface area contributed by atoms with Crippen LogP contribution in [0, 0.1) is 5.82 Å². The number of hydrogen-bond acceptors (Lipinski definition) is 4. The standard InChI is InChI=1S/C9H6BrFN2O2/c10-5-1-2-7(11)6(3-5)9-12-8(4-14)13-15-9/h1-3,14H,4H2. The Kier molecular flexibility index (Phi) is 2.79. The van der Waals surface area contributed by atoms with E-state index in [1.807, 2.05) is 0 Å². The lowest BCUT2D eigenvalue weighted by atomic mass is 10.2. The molecule has 1 aromatic heterocycles. The van der Waals surface area contributed by atoms with Crippen LogP contribution in [0.1, 0.15) is 5.82 Å². The maximum Gasteiger partial charge on any atom is 0.261 e. The van der Waals surface area contributed by atoms with Gasteiger partial charge in [0.05, 0.1) is 5.56 Å². The molecule has 15 heavy (non-hydrogen) atoms. The van der Waals surface area contributed by atoms with Crippen molar-refractivity contribution in [3.05, 3.63) is 34.3 Å². The van der Waals surface area contributed by atoms with E-state index in [2.05, 4.69) is 26.1 Å². The minimum atomic E-state index is -0.452. The molecule has 0 bridgehead atoms. The second-order valence-corrected chi connectivity index (χ2v) is 3.71. The Labute approximate surface area is 92.9 Å². The fraction of sp³-hybridized carbons (Fsp3) is 0.111. The molecular formula is C9H6BrFN2O2. The van der Waals surface area contributed by atoms with E-state index in [4.69, 9.17) is 9.63 Å². The number of rotatable bonds is 2. The van der Waals surface area contributed by atoms with E-state index in [0.29, 0.717) is 4.47 Å². The molecule has 0 aliphatic heterocycles. The highest BCUT2D eigenvalue weighted by atomic mass is 79.9. The number of nitrogens with zero attached hydrogens (tertiary/aromatic N) is 2. The third-order valence-corrected chi connectivity index (χ3v) is 2.26. The van der Waals surface area contributed by atoms with Gasteiger partial charge in [-0.15, -0.1) is 0 Å². The summed E-state index contributed by atoms with van der Waals surface area (Å²) in [5.74, 6) is -0.270. The van der Waals surface area contributed by atoms with Gasteiger partial charge in [0.25, 0.3) is 5.89 Å². The van der Waals surface area contributed by atoms with Crippen molar-refractivity contribution < 1.29 is 14.0 Å². The summed E-state index contributed by atoms with van der Waals surface area (Å²) in [5, 5.41) is 12.2. The number of hydrogen-bond donors (Lipinski definition) is 1. The molecule has 6 heteroatoms. The molecular weight excluding hydrogens is 267 g/mol. The van der Waals surface area contributed by atoms with Gasteiger partial charge in [-0.2, -0.15) is 4.98 Å². The highest BCUT2D eigenvalue weighted by Gasteiger charge is 2.13. The summed E-state index contributed by atoms with van der Waals surface area (Å²) < 4.78 is 18.9. The van der Waals surface area contributed by atoms with Crippen LogP contribution < -0.4 is 0 Å². The van der Waals surface area contributed by atoms with E-state index in [9.17, 15) is 4.39 Å². The average molecular weight is 273 g/mol. The molecule has 0 spiro atoms. The third kappa shape index (κ3) is 2.05. The fourth-order valence-corrected chi connectivity index (χ4v) is 1.45. The molecule has 4 nitrogen and oxygen atoms in total. The third-order valence-electron chi connectivity index (χ3n) is 1.77. The van der Waals surface area contributed by atoms with Gasteiger partial charge in [0, 0.05) is 4.47 Å². The van der Waals surface area contributed by atoms with Crippen molar-refractivity contribution >= 4 is 15.9 Å². The van der Waals surface area contributed by atoms with E-state index < -0.39 is 5.82 Å². The maximum atomic E-state index is 13.4. The van der Waals surface area contributed by atoms with Gasteiger partial charge in [0.1, 0.15) is 12.4 Å². The van der Waals surface area contributed by atoms with Crippen molar-refractivity contribution in [3.8, 4) is 11.5 Å². The first-order valence-corrected chi connectivity index (χ1v) is 4.89. The van der Waals surface area contributed by atoms with Gasteiger partial charge in [-0.3, -0.25) is 0 Å². The van der Waals surface area contributed by atoms with Crippen LogP contribution in [0.15, 0.2) is 27.2 Å². The van der Waals surface area contributed by atoms with Crippen molar-refractivity contribution in [2.75, 3.05) is 0 Å². The first-order valence-electron chi connectivity index (χ1n) is 4.09. The highest BCUT2D eigenvalue weighted by molar-refractivity contribution is 9.10. The second kappa shape index (κ2) is 4.08. The molecule has 2 aromatic rings. The van der Waals surface area contributed by atoms with E-state index in [1.54, 1.807) is 6.07 Å². The van der Waals surface area contributed by atoms with Gasteiger partial charge < -0.3 is 9.63 Å². The van der Waals surface area contributed by atoms with Crippen LogP contribution in [0.3, 0.4) is 0 Å². The molecule has 0 amide bonds. The largest absolute Gasteiger partial charge is 0.388 e. The highest BCUT2D eigenvalue weighted by Crippen LogP contribution is 2.24. The topological polar surface area (TPSA) is 59.2 Å². The van der Waals surface area contributed by atoms with Gasteiger partial charge in [0.15, 0.2) is 5.82 Å². The Hall–Kier alpha value is -1.27. The molecule has 2 rings (SSSR count). The van der Waals surface area contributed by atoms with Crippen molar-refractivity contribution in [1.82, 2.24) is 10.1 Å². The lowest BCUT2D eigenvalue weighted by Gasteiger charge is -1.97. The van der Waals surface area contributed by atoms with E-state index in [1.165, 1.54) is 12.1 Å². The average Bonchev–Trinajstić information content (AvgIpc) is 2.70. The molecule has 1 N–H and O–H groups in total. The zero-order chi connectivity index (χ0) is 10.8. The molecule has 0 unspecified atom stereocenters. The number of benzene rings is 1. The van der Waals surface area contributed by atoms with Crippen molar-refractivity contribution in [3.63, 3.8) is 0 Å². The van der Waals surface area contributed by atoms with Gasteiger partial charge in [-0.05, 0) is 18.2 Å². The van der Waals surface area contributed by atoms with Gasteiger partial charge in [0.2, 0.25) is 0 Å². The van der Waals surface area contributed by atoms with Gasteiger partial charge in [-0.1, -0.05) is 21.1 Å². The summed E-state index contributed by atoms with van der Waals surface area (Å²) in [4.78, 5) is 3.81. The Morgan fingerprint density at radius 1 is 1.47 bits per heavy atom. The lowest BCUT2D eigenvalue weighted by molar-refractivity contribution is 0.264. The van der Waals surface area contributed by atoms with Crippen LogP contribution in [-0.2, 0) is 6.61 Å². The number of halogens is 2. The summed E-state index contributed by atoms with van der Waals surface area (Å²) in [7, 11) is 0. The normalized spacial score (nSPS) is 10.6. The molecule has 0 radical (unpaired) electrons. The quantitative estimate of drug-likeness (QED) is 0.910. The van der Waals surface area contributed by atoms with Crippen LogP contribution in [0.5, 0.6) is 0 Å². The Balaban J connectivity index is 2.48. The van der Waals surface area contributed by atoms with Crippen molar-refractivity contribution in [1.29, 1.82) is 0 Å². The van der Waals surface area contributed by atoms with Gasteiger partial charge in [-0.25, -0.2) is 4.39 Å². The summed E-state index contributed by atoms with van der Waals surface area (Å²) in [6.45, 7) is -0.334. The van der Waals surface area contributed by atoms with Crippen molar-refractivity contribution in [2.45, 2.75) is 6.61 Å². The predicted molar refractivity (Wildman–Crippen MR) is 53.3 cm³/mol. The summed E-state index contributed by atoms with van der Waals surface area (Å²) in [6, 6.07) is 4.40. The Bertz CT molecular complexity index is 487. The minimum Gasteiger partial charge on any atom is -0.388 e. The van der Waals surface area contributed by atoms with E-state index in [-0.39, 0.29) is 23.9 Å². The smallest absolute Gasteiger partial charge is 0.261 e. The summed E-state index contributed by atoms with van der Waals surface area (Å²) in [5.41, 5.74) is 0.205. The SMILES string of the molecule is OCc1noc(-c2cc(Br)ccc2F)n1. The lowest BCUT2D eigenvalue weighted by Crippen LogP contribution is -1.87. The second-order valence-electron chi connectivity index (χ2n) is 2.80.